The van der Waals surface area contributed by atoms with Crippen LogP contribution in [-0.2, 0) is 31.9 Å². The summed E-state index contributed by atoms with van der Waals surface area (Å²) in [5, 5.41) is 0. The summed E-state index contributed by atoms with van der Waals surface area (Å²) < 4.78 is 10.7. The Bertz CT molecular complexity index is 1020. The quantitative estimate of drug-likeness (QED) is 0.509. The lowest BCUT2D eigenvalue weighted by Gasteiger charge is -2.20. The standard InChI is InChI=1S/C25H32N2O5/c1-7-13-31-21(28)10-9-18-17-11-12-27-20(15(3)16(8-2)23(27)29)14-19(17)26-22(18)24(30)32-25(4,5)6/h7,14,26H,1,8-13H2,2-6H3. The molecule has 0 bridgehead atoms. The minimum Gasteiger partial charge on any atom is -0.461 e. The molecule has 32 heavy (non-hydrogen) atoms. The summed E-state index contributed by atoms with van der Waals surface area (Å²) in [6, 6.07) is 0. The maximum absolute atomic E-state index is 13.0. The van der Waals surface area contributed by atoms with E-state index in [1.54, 1.807) is 4.90 Å². The number of nitrogens with one attached hydrogen (secondary N) is 1. The number of hydrogen-bond acceptors (Lipinski definition) is 5. The molecule has 2 aliphatic heterocycles. The van der Waals surface area contributed by atoms with E-state index >= 15 is 0 Å². The fourth-order valence-electron chi connectivity index (χ4n) is 4.21. The second-order valence-corrected chi connectivity index (χ2v) is 9.04. The van der Waals surface area contributed by atoms with Gasteiger partial charge in [0.25, 0.3) is 5.91 Å². The van der Waals surface area contributed by atoms with Crippen molar-refractivity contribution in [2.24, 2.45) is 0 Å². The normalized spacial score (nSPS) is 15.7. The highest BCUT2D eigenvalue weighted by molar-refractivity contribution is 6.01. The number of H-pyrrole nitrogens is 1. The maximum atomic E-state index is 13.0. The van der Waals surface area contributed by atoms with Crippen molar-refractivity contribution in [3.05, 3.63) is 52.0 Å². The molecule has 7 heteroatoms. The molecule has 172 valence electrons. The number of hydrogen-bond donors (Lipinski definition) is 1. The number of aromatic amines is 1. The molecule has 0 unspecified atom stereocenters. The van der Waals surface area contributed by atoms with E-state index < -0.39 is 11.6 Å². The van der Waals surface area contributed by atoms with Crippen molar-refractivity contribution in [3.8, 4) is 0 Å². The van der Waals surface area contributed by atoms with E-state index in [-0.39, 0.29) is 24.9 Å². The maximum Gasteiger partial charge on any atom is 0.355 e. The van der Waals surface area contributed by atoms with Crippen molar-refractivity contribution in [3.63, 3.8) is 0 Å². The molecular formula is C25H32N2O5. The lowest BCUT2D eigenvalue weighted by Crippen LogP contribution is -2.27. The number of allylic oxidation sites excluding steroid dienone is 1. The monoisotopic (exact) mass is 440 g/mol. The van der Waals surface area contributed by atoms with Gasteiger partial charge in [-0.05, 0) is 69.7 Å². The van der Waals surface area contributed by atoms with Gasteiger partial charge in [0.1, 0.15) is 17.9 Å². The molecule has 3 heterocycles. The van der Waals surface area contributed by atoms with Gasteiger partial charge in [-0.15, -0.1) is 0 Å². The zero-order valence-corrected chi connectivity index (χ0v) is 19.6. The van der Waals surface area contributed by atoms with Crippen LogP contribution < -0.4 is 0 Å². The van der Waals surface area contributed by atoms with Crippen LogP contribution in [0.4, 0.5) is 0 Å². The van der Waals surface area contributed by atoms with Gasteiger partial charge >= 0.3 is 11.9 Å². The van der Waals surface area contributed by atoms with Gasteiger partial charge < -0.3 is 19.4 Å². The highest BCUT2D eigenvalue weighted by Gasteiger charge is 2.35. The second-order valence-electron chi connectivity index (χ2n) is 9.04. The Kier molecular flexibility index (Phi) is 6.77. The second kappa shape index (κ2) is 9.18. The first-order chi connectivity index (χ1) is 15.1. The van der Waals surface area contributed by atoms with Crippen LogP contribution in [0, 0.1) is 0 Å². The SMILES string of the molecule is C=CCOC(=O)CCc1c(C(=O)OC(C)(C)C)[nH]c2c1CCN1C(=O)C(CC)=C(C)C1=C2. The van der Waals surface area contributed by atoms with Crippen LogP contribution in [0.15, 0.2) is 29.5 Å². The van der Waals surface area contributed by atoms with Crippen LogP contribution in [0.5, 0.6) is 0 Å². The molecular weight excluding hydrogens is 408 g/mol. The van der Waals surface area contributed by atoms with E-state index in [0.29, 0.717) is 31.5 Å². The topological polar surface area (TPSA) is 88.7 Å². The number of amides is 1. The molecule has 2 aliphatic rings. The van der Waals surface area contributed by atoms with Gasteiger partial charge in [0.05, 0.1) is 0 Å². The molecule has 1 N–H and O–H groups in total. The number of carbonyl (C=O) groups is 3. The summed E-state index contributed by atoms with van der Waals surface area (Å²) in [4.78, 5) is 42.9. The van der Waals surface area contributed by atoms with Gasteiger partial charge in [0, 0.05) is 29.9 Å². The average molecular weight is 441 g/mol. The molecule has 1 aromatic heterocycles. The number of aromatic nitrogens is 1. The van der Waals surface area contributed by atoms with Crippen molar-refractivity contribution in [2.45, 2.75) is 65.9 Å². The zero-order chi connectivity index (χ0) is 23.6. The fraction of sp³-hybridized carbons (Fsp3) is 0.480. The van der Waals surface area contributed by atoms with Crippen molar-refractivity contribution >= 4 is 23.9 Å². The van der Waals surface area contributed by atoms with Gasteiger partial charge in [-0.1, -0.05) is 19.6 Å². The smallest absolute Gasteiger partial charge is 0.355 e. The van der Waals surface area contributed by atoms with Crippen molar-refractivity contribution in [1.82, 2.24) is 9.88 Å². The van der Waals surface area contributed by atoms with Gasteiger partial charge in [-0.25, -0.2) is 4.79 Å². The zero-order valence-electron chi connectivity index (χ0n) is 19.6. The molecule has 0 saturated carbocycles. The highest BCUT2D eigenvalue weighted by atomic mass is 16.6. The van der Waals surface area contributed by atoms with Gasteiger partial charge in [0.2, 0.25) is 0 Å². The molecule has 7 nitrogen and oxygen atoms in total. The molecule has 0 saturated heterocycles. The van der Waals surface area contributed by atoms with Gasteiger partial charge in [0.15, 0.2) is 0 Å². The summed E-state index contributed by atoms with van der Waals surface area (Å²) in [7, 11) is 0. The highest BCUT2D eigenvalue weighted by Crippen LogP contribution is 2.36. The third kappa shape index (κ3) is 4.71. The summed E-state index contributed by atoms with van der Waals surface area (Å²) in [5.41, 5.74) is 4.81. The Hall–Kier alpha value is -3.09. The van der Waals surface area contributed by atoms with Crippen LogP contribution in [-0.4, -0.2) is 46.5 Å². The van der Waals surface area contributed by atoms with E-state index in [1.165, 1.54) is 6.08 Å². The Morgan fingerprint density at radius 1 is 1.31 bits per heavy atom. The first-order valence-electron chi connectivity index (χ1n) is 11.0. The molecule has 0 spiro atoms. The summed E-state index contributed by atoms with van der Waals surface area (Å²) in [6.07, 6.45) is 5.17. The lowest BCUT2D eigenvalue weighted by molar-refractivity contribution is -0.142. The minimum absolute atomic E-state index is 0.0447. The number of ether oxygens (including phenoxy) is 2. The molecule has 0 aliphatic carbocycles. The average Bonchev–Trinajstić information content (AvgIpc) is 3.08. The molecule has 1 amide bonds. The van der Waals surface area contributed by atoms with Crippen LogP contribution in [0.2, 0.25) is 0 Å². The molecule has 3 rings (SSSR count). The van der Waals surface area contributed by atoms with Gasteiger partial charge in [-0.3, -0.25) is 9.59 Å². The fourth-order valence-corrected chi connectivity index (χ4v) is 4.21. The van der Waals surface area contributed by atoms with E-state index in [2.05, 4.69) is 11.6 Å². The number of fused-ring (bicyclic) bond motifs is 2. The lowest BCUT2D eigenvalue weighted by atomic mass is 10.00. The number of rotatable bonds is 7. The molecule has 1 aromatic rings. The van der Waals surface area contributed by atoms with E-state index in [9.17, 15) is 14.4 Å². The number of esters is 2. The van der Waals surface area contributed by atoms with Crippen molar-refractivity contribution in [1.29, 1.82) is 0 Å². The molecule has 0 radical (unpaired) electrons. The Labute approximate surface area is 189 Å². The number of nitrogens with zero attached hydrogens (tertiary/aromatic N) is 1. The van der Waals surface area contributed by atoms with Crippen molar-refractivity contribution < 1.29 is 23.9 Å². The van der Waals surface area contributed by atoms with E-state index in [0.717, 1.165) is 33.7 Å². The largest absolute Gasteiger partial charge is 0.461 e. The van der Waals surface area contributed by atoms with Crippen LogP contribution >= 0.6 is 0 Å². The first-order valence-corrected chi connectivity index (χ1v) is 11.0. The summed E-state index contributed by atoms with van der Waals surface area (Å²) in [6.45, 7) is 13.6. The molecule has 0 fully saturated rings. The molecule has 0 atom stereocenters. The van der Waals surface area contributed by atoms with Crippen molar-refractivity contribution in [2.75, 3.05) is 13.2 Å². The van der Waals surface area contributed by atoms with Crippen LogP contribution in [0.3, 0.4) is 0 Å². The third-order valence-corrected chi connectivity index (χ3v) is 5.65. The third-order valence-electron chi connectivity index (χ3n) is 5.65. The predicted molar refractivity (Wildman–Crippen MR) is 122 cm³/mol. The summed E-state index contributed by atoms with van der Waals surface area (Å²) >= 11 is 0. The van der Waals surface area contributed by atoms with Crippen LogP contribution in [0.1, 0.15) is 74.8 Å². The van der Waals surface area contributed by atoms with E-state index in [4.69, 9.17) is 9.47 Å². The van der Waals surface area contributed by atoms with E-state index in [1.807, 2.05) is 40.7 Å². The Morgan fingerprint density at radius 3 is 2.66 bits per heavy atom. The summed E-state index contributed by atoms with van der Waals surface area (Å²) in [5.74, 6) is -0.772. The predicted octanol–water partition coefficient (Wildman–Crippen LogP) is 4.10. The Balaban J connectivity index is 2.01. The minimum atomic E-state index is -0.651. The Morgan fingerprint density at radius 2 is 2.03 bits per heavy atom. The van der Waals surface area contributed by atoms with Gasteiger partial charge in [-0.2, -0.15) is 0 Å². The molecule has 0 aromatic carbocycles. The number of carbonyl (C=O) groups excluding carboxylic acids is 3. The first kappa shape index (κ1) is 23.6. The van der Waals surface area contributed by atoms with Crippen LogP contribution in [0.25, 0.3) is 6.08 Å².